The Kier molecular flexibility index (Phi) is 9.43. The predicted octanol–water partition coefficient (Wildman–Crippen LogP) is -0.956. The molecule has 0 amide bonds. The number of aromatic nitrogens is 3. The molecule has 208 valence electrons. The number of hydrogen-bond acceptors (Lipinski definition) is 11. The molecule has 5 rings (SSSR count). The Morgan fingerprint density at radius 3 is 1.62 bits per heavy atom. The molecule has 2 aliphatic heterocycles. The zero-order valence-corrected chi connectivity index (χ0v) is 22.7. The van der Waals surface area contributed by atoms with Gasteiger partial charge in [-0.3, -0.25) is 9.80 Å². The van der Waals surface area contributed by atoms with E-state index >= 15 is 0 Å². The number of fused-ring (bicyclic) bond motifs is 2. The normalized spacial score (nSPS) is 26.6. The van der Waals surface area contributed by atoms with Gasteiger partial charge in [-0.15, -0.1) is 0 Å². The lowest BCUT2D eigenvalue weighted by Gasteiger charge is -2.33. The number of hydrogen-bond donors (Lipinski definition) is 4. The van der Waals surface area contributed by atoms with Crippen LogP contribution < -0.4 is 31.9 Å². The summed E-state index contributed by atoms with van der Waals surface area (Å²) in [6.45, 7) is 15.0. The van der Waals surface area contributed by atoms with E-state index in [0.717, 1.165) is 115 Å². The van der Waals surface area contributed by atoms with Crippen molar-refractivity contribution in [3.8, 4) is 0 Å². The summed E-state index contributed by atoms with van der Waals surface area (Å²) >= 11 is 0. The van der Waals surface area contributed by atoms with Crippen LogP contribution in [-0.4, -0.2) is 129 Å². The number of nitrogens with two attached hydrogens (primary N) is 2. The maximum absolute atomic E-state index is 6.10. The molecule has 0 radical (unpaired) electrons. The molecular formula is C26H49N11. The Bertz CT molecular complexity index is 782. The second kappa shape index (κ2) is 12.9. The summed E-state index contributed by atoms with van der Waals surface area (Å²) in [7, 11) is 0. The molecule has 0 unspecified atom stereocenters. The molecule has 1 aromatic rings. The van der Waals surface area contributed by atoms with E-state index in [-0.39, 0.29) is 5.41 Å². The van der Waals surface area contributed by atoms with Crippen molar-refractivity contribution in [1.82, 2.24) is 35.4 Å². The van der Waals surface area contributed by atoms with Crippen LogP contribution in [-0.2, 0) is 5.41 Å². The van der Waals surface area contributed by atoms with Gasteiger partial charge in [-0.2, -0.15) is 15.0 Å². The zero-order chi connectivity index (χ0) is 25.5. The first-order chi connectivity index (χ1) is 18.2. The van der Waals surface area contributed by atoms with Crippen molar-refractivity contribution in [3.63, 3.8) is 0 Å². The van der Waals surface area contributed by atoms with Crippen molar-refractivity contribution in [1.29, 1.82) is 0 Å². The Morgan fingerprint density at radius 2 is 1.22 bits per heavy atom. The van der Waals surface area contributed by atoms with Crippen LogP contribution in [0.25, 0.3) is 0 Å². The molecule has 6 N–H and O–H groups in total. The molecule has 0 aromatic carbocycles. The van der Waals surface area contributed by atoms with Gasteiger partial charge in [-0.25, -0.2) is 0 Å². The quantitative estimate of drug-likeness (QED) is 0.259. The van der Waals surface area contributed by atoms with Crippen molar-refractivity contribution < 1.29 is 0 Å². The van der Waals surface area contributed by atoms with Gasteiger partial charge >= 0.3 is 0 Å². The monoisotopic (exact) mass is 515 g/mol. The van der Waals surface area contributed by atoms with E-state index in [2.05, 4.69) is 30.2 Å². The standard InChI is InChI=1S/C26H49N11/c27-5-11-36(19-17-34-13-7-29-8-14-34)24-31-23(26-3-1-22(21-26)2-4-26)32-25(33-24)37(12-6-28)20-18-35-15-9-30-10-16-35/h22,29-30H,1-21,27-28H2. The van der Waals surface area contributed by atoms with Crippen LogP contribution in [0.1, 0.15) is 37.9 Å². The van der Waals surface area contributed by atoms with Crippen molar-refractivity contribution >= 4 is 11.9 Å². The van der Waals surface area contributed by atoms with Crippen LogP contribution in [0.4, 0.5) is 11.9 Å². The minimum Gasteiger partial charge on any atom is -0.338 e. The SMILES string of the molecule is NCCN(CCN1CCNCC1)c1nc(N(CCN)CCN2CCNCC2)nc(C23CCC(CC2)C3)n1. The van der Waals surface area contributed by atoms with Crippen LogP contribution in [0.2, 0.25) is 0 Å². The lowest BCUT2D eigenvalue weighted by Crippen LogP contribution is -2.47. The fraction of sp³-hybridized carbons (Fsp3) is 0.885. The van der Waals surface area contributed by atoms with E-state index < -0.39 is 0 Å². The van der Waals surface area contributed by atoms with Crippen molar-refractivity contribution in [2.24, 2.45) is 17.4 Å². The van der Waals surface area contributed by atoms with Gasteiger partial charge in [0.2, 0.25) is 11.9 Å². The molecule has 4 aliphatic rings. The highest BCUT2D eigenvalue weighted by Gasteiger charge is 2.48. The first kappa shape index (κ1) is 27.0. The molecule has 0 atom stereocenters. The lowest BCUT2D eigenvalue weighted by molar-refractivity contribution is 0.245. The summed E-state index contributed by atoms with van der Waals surface area (Å²) in [6, 6.07) is 0. The van der Waals surface area contributed by atoms with Crippen LogP contribution >= 0.6 is 0 Å². The fourth-order valence-electron chi connectivity index (χ4n) is 6.71. The Labute approximate surface area is 222 Å². The third kappa shape index (κ3) is 6.69. The van der Waals surface area contributed by atoms with Crippen LogP contribution in [0.15, 0.2) is 0 Å². The van der Waals surface area contributed by atoms with Gasteiger partial charge in [0, 0.05) is 110 Å². The maximum atomic E-state index is 6.10. The van der Waals surface area contributed by atoms with E-state index in [4.69, 9.17) is 26.4 Å². The molecule has 11 nitrogen and oxygen atoms in total. The van der Waals surface area contributed by atoms with Gasteiger partial charge < -0.3 is 31.9 Å². The van der Waals surface area contributed by atoms with Crippen molar-refractivity contribution in [3.05, 3.63) is 5.82 Å². The average molecular weight is 516 g/mol. The summed E-state index contributed by atoms with van der Waals surface area (Å²) < 4.78 is 0. The van der Waals surface area contributed by atoms with Crippen molar-refractivity contribution in [2.45, 2.75) is 37.5 Å². The van der Waals surface area contributed by atoms with Gasteiger partial charge in [0.1, 0.15) is 5.82 Å². The Hall–Kier alpha value is -1.63. The maximum Gasteiger partial charge on any atom is 0.230 e. The van der Waals surface area contributed by atoms with Crippen LogP contribution in [0.5, 0.6) is 0 Å². The summed E-state index contributed by atoms with van der Waals surface area (Å²) in [4.78, 5) is 25.1. The molecule has 37 heavy (non-hydrogen) atoms. The van der Waals surface area contributed by atoms with Gasteiger partial charge in [-0.05, 0) is 38.0 Å². The first-order valence-corrected chi connectivity index (χ1v) is 14.7. The number of rotatable bonds is 13. The molecule has 2 aliphatic carbocycles. The molecule has 2 saturated carbocycles. The highest BCUT2D eigenvalue weighted by molar-refractivity contribution is 5.41. The molecule has 2 bridgehead atoms. The van der Waals surface area contributed by atoms with E-state index in [1.165, 1.54) is 32.1 Å². The zero-order valence-electron chi connectivity index (χ0n) is 22.7. The second-order valence-electron chi connectivity index (χ2n) is 11.4. The second-order valence-corrected chi connectivity index (χ2v) is 11.4. The molecule has 4 fully saturated rings. The van der Waals surface area contributed by atoms with E-state index in [0.29, 0.717) is 13.1 Å². The highest BCUT2D eigenvalue weighted by atomic mass is 15.4. The molecule has 1 aromatic heterocycles. The number of piperazine rings is 2. The van der Waals surface area contributed by atoms with Crippen LogP contribution in [0, 0.1) is 5.92 Å². The first-order valence-electron chi connectivity index (χ1n) is 14.7. The molecule has 0 spiro atoms. The van der Waals surface area contributed by atoms with E-state index in [9.17, 15) is 0 Å². The van der Waals surface area contributed by atoms with Gasteiger partial charge in [0.25, 0.3) is 0 Å². The highest BCUT2D eigenvalue weighted by Crippen LogP contribution is 2.54. The smallest absolute Gasteiger partial charge is 0.230 e. The van der Waals surface area contributed by atoms with Gasteiger partial charge in [0.05, 0.1) is 0 Å². The molecule has 3 heterocycles. The summed E-state index contributed by atoms with van der Waals surface area (Å²) in [5, 5.41) is 6.90. The Morgan fingerprint density at radius 1 is 0.730 bits per heavy atom. The molecular weight excluding hydrogens is 466 g/mol. The molecule has 11 heteroatoms. The minimum atomic E-state index is 0.122. The largest absolute Gasteiger partial charge is 0.338 e. The Balaban J connectivity index is 1.40. The third-order valence-electron chi connectivity index (χ3n) is 8.98. The lowest BCUT2D eigenvalue weighted by atomic mass is 9.83. The average Bonchev–Trinajstić information content (AvgIpc) is 3.57. The fourth-order valence-corrected chi connectivity index (χ4v) is 6.71. The van der Waals surface area contributed by atoms with Crippen molar-refractivity contribution in [2.75, 3.05) is 115 Å². The third-order valence-corrected chi connectivity index (χ3v) is 8.98. The summed E-state index contributed by atoms with van der Waals surface area (Å²) in [5.74, 6) is 3.45. The minimum absolute atomic E-state index is 0.122. The number of nitrogens with zero attached hydrogens (tertiary/aromatic N) is 7. The van der Waals surface area contributed by atoms with Gasteiger partial charge in [0.15, 0.2) is 0 Å². The van der Waals surface area contributed by atoms with Gasteiger partial charge in [-0.1, -0.05) is 0 Å². The van der Waals surface area contributed by atoms with E-state index in [1.807, 2.05) is 0 Å². The molecule has 2 saturated heterocycles. The summed E-state index contributed by atoms with van der Waals surface area (Å²) in [5.41, 5.74) is 12.3. The van der Waals surface area contributed by atoms with Crippen LogP contribution in [0.3, 0.4) is 0 Å². The van der Waals surface area contributed by atoms with E-state index in [1.54, 1.807) is 0 Å². The topological polar surface area (TPSA) is 128 Å². The summed E-state index contributed by atoms with van der Waals surface area (Å²) in [6.07, 6.45) is 6.25. The number of nitrogens with one attached hydrogen (secondary N) is 2. The predicted molar refractivity (Wildman–Crippen MR) is 149 cm³/mol. The number of anilines is 2.